The molecule has 0 unspecified atom stereocenters. The number of halogens is 1. The molecular formula is C18H20ClN5O2. The zero-order chi connectivity index (χ0) is 18.7. The predicted molar refractivity (Wildman–Crippen MR) is 99.6 cm³/mol. The summed E-state index contributed by atoms with van der Waals surface area (Å²) in [7, 11) is 0. The van der Waals surface area contributed by atoms with Crippen LogP contribution in [0.5, 0.6) is 5.75 Å². The SMILES string of the molecule is CCn1ncc(Cl)c1C(=O)Nc1cnn(COc2ccc(C)cc2C)c1. The van der Waals surface area contributed by atoms with Gasteiger partial charge in [0.25, 0.3) is 5.91 Å². The van der Waals surface area contributed by atoms with Gasteiger partial charge in [0.15, 0.2) is 6.73 Å². The van der Waals surface area contributed by atoms with Gasteiger partial charge >= 0.3 is 0 Å². The summed E-state index contributed by atoms with van der Waals surface area (Å²) in [5.74, 6) is 0.472. The number of hydrogen-bond acceptors (Lipinski definition) is 4. The van der Waals surface area contributed by atoms with E-state index in [1.165, 1.54) is 11.8 Å². The first-order valence-electron chi connectivity index (χ1n) is 8.23. The quantitative estimate of drug-likeness (QED) is 0.715. The van der Waals surface area contributed by atoms with E-state index in [0.717, 1.165) is 11.3 Å². The second kappa shape index (κ2) is 7.61. The maximum atomic E-state index is 12.4. The second-order valence-electron chi connectivity index (χ2n) is 5.92. The minimum Gasteiger partial charge on any atom is -0.471 e. The number of rotatable bonds is 6. The first-order valence-corrected chi connectivity index (χ1v) is 8.61. The van der Waals surface area contributed by atoms with Gasteiger partial charge in [-0.15, -0.1) is 0 Å². The van der Waals surface area contributed by atoms with Crippen molar-refractivity contribution in [1.82, 2.24) is 19.6 Å². The molecule has 0 aliphatic heterocycles. The molecule has 3 aromatic rings. The van der Waals surface area contributed by atoms with Crippen LogP contribution in [0.4, 0.5) is 5.69 Å². The third-order valence-electron chi connectivity index (χ3n) is 3.88. The summed E-state index contributed by atoms with van der Waals surface area (Å²) in [6.07, 6.45) is 4.72. The minimum atomic E-state index is -0.329. The summed E-state index contributed by atoms with van der Waals surface area (Å²) >= 11 is 6.05. The summed E-state index contributed by atoms with van der Waals surface area (Å²) in [4.78, 5) is 12.4. The van der Waals surface area contributed by atoms with Crippen LogP contribution in [0.1, 0.15) is 28.5 Å². The van der Waals surface area contributed by atoms with Gasteiger partial charge < -0.3 is 10.1 Å². The predicted octanol–water partition coefficient (Wildman–Crippen LogP) is 3.66. The molecule has 3 rings (SSSR count). The maximum absolute atomic E-state index is 12.4. The number of carbonyl (C=O) groups is 1. The Labute approximate surface area is 156 Å². The Balaban J connectivity index is 1.64. The molecule has 0 fully saturated rings. The summed E-state index contributed by atoms with van der Waals surface area (Å²) in [5.41, 5.74) is 3.13. The lowest BCUT2D eigenvalue weighted by atomic mass is 10.1. The zero-order valence-electron chi connectivity index (χ0n) is 14.9. The van der Waals surface area contributed by atoms with Crippen molar-refractivity contribution < 1.29 is 9.53 Å². The number of carbonyl (C=O) groups excluding carboxylic acids is 1. The van der Waals surface area contributed by atoms with Crippen molar-refractivity contribution in [3.63, 3.8) is 0 Å². The average molecular weight is 374 g/mol. The summed E-state index contributed by atoms with van der Waals surface area (Å²) in [6.45, 7) is 6.72. The van der Waals surface area contributed by atoms with Crippen LogP contribution in [-0.4, -0.2) is 25.5 Å². The van der Waals surface area contributed by atoms with Crippen molar-refractivity contribution in [3.8, 4) is 5.75 Å². The number of benzene rings is 1. The largest absolute Gasteiger partial charge is 0.471 e. The monoisotopic (exact) mass is 373 g/mol. The van der Waals surface area contributed by atoms with Crippen LogP contribution in [0, 0.1) is 13.8 Å². The number of nitrogens with one attached hydrogen (secondary N) is 1. The number of aryl methyl sites for hydroxylation is 3. The molecule has 0 aliphatic rings. The fourth-order valence-electron chi connectivity index (χ4n) is 2.61. The van der Waals surface area contributed by atoms with Gasteiger partial charge in [0.05, 0.1) is 29.3 Å². The molecule has 2 aromatic heterocycles. The molecule has 0 spiro atoms. The standard InChI is InChI=1S/C18H20ClN5O2/c1-4-24-17(15(19)9-21-24)18(25)22-14-8-20-23(10-14)11-26-16-6-5-12(2)7-13(16)3/h5-10H,4,11H2,1-3H3,(H,22,25). The van der Waals surface area contributed by atoms with Crippen LogP contribution in [0.3, 0.4) is 0 Å². The highest BCUT2D eigenvalue weighted by molar-refractivity contribution is 6.34. The van der Waals surface area contributed by atoms with E-state index < -0.39 is 0 Å². The van der Waals surface area contributed by atoms with Crippen molar-refractivity contribution in [2.45, 2.75) is 34.0 Å². The number of anilines is 1. The highest BCUT2D eigenvalue weighted by Crippen LogP contribution is 2.20. The molecule has 0 atom stereocenters. The number of nitrogens with zero attached hydrogens (tertiary/aromatic N) is 4. The second-order valence-corrected chi connectivity index (χ2v) is 6.33. The smallest absolute Gasteiger partial charge is 0.275 e. The van der Waals surface area contributed by atoms with Crippen LogP contribution >= 0.6 is 11.6 Å². The lowest BCUT2D eigenvalue weighted by molar-refractivity contribution is 0.101. The number of amides is 1. The zero-order valence-corrected chi connectivity index (χ0v) is 15.6. The maximum Gasteiger partial charge on any atom is 0.275 e. The molecule has 2 heterocycles. The number of hydrogen-bond donors (Lipinski definition) is 1. The lowest BCUT2D eigenvalue weighted by Gasteiger charge is -2.09. The Kier molecular flexibility index (Phi) is 5.27. The van der Waals surface area contributed by atoms with E-state index in [0.29, 0.717) is 22.9 Å². The van der Waals surface area contributed by atoms with Gasteiger partial charge in [-0.3, -0.25) is 9.48 Å². The van der Waals surface area contributed by atoms with Crippen molar-refractivity contribution in [3.05, 3.63) is 58.6 Å². The van der Waals surface area contributed by atoms with Gasteiger partial charge in [-0.2, -0.15) is 10.2 Å². The molecule has 1 aromatic carbocycles. The Morgan fingerprint density at radius 1 is 1.27 bits per heavy atom. The van der Waals surface area contributed by atoms with E-state index in [-0.39, 0.29) is 12.6 Å². The molecule has 0 bridgehead atoms. The van der Waals surface area contributed by atoms with E-state index in [1.807, 2.05) is 32.9 Å². The van der Waals surface area contributed by atoms with Gasteiger partial charge in [0.1, 0.15) is 11.4 Å². The van der Waals surface area contributed by atoms with E-state index in [4.69, 9.17) is 16.3 Å². The van der Waals surface area contributed by atoms with Gasteiger partial charge in [0, 0.05) is 6.54 Å². The van der Waals surface area contributed by atoms with Crippen LogP contribution in [0.2, 0.25) is 5.02 Å². The molecule has 0 saturated heterocycles. The number of ether oxygens (including phenoxy) is 1. The van der Waals surface area contributed by atoms with Gasteiger partial charge in [-0.05, 0) is 32.4 Å². The highest BCUT2D eigenvalue weighted by Gasteiger charge is 2.17. The minimum absolute atomic E-state index is 0.243. The van der Waals surface area contributed by atoms with Crippen molar-refractivity contribution in [2.75, 3.05) is 5.32 Å². The van der Waals surface area contributed by atoms with Crippen molar-refractivity contribution in [1.29, 1.82) is 0 Å². The van der Waals surface area contributed by atoms with Crippen LogP contribution < -0.4 is 10.1 Å². The molecule has 1 amide bonds. The molecule has 0 aliphatic carbocycles. The van der Waals surface area contributed by atoms with E-state index >= 15 is 0 Å². The van der Waals surface area contributed by atoms with E-state index in [1.54, 1.807) is 21.8 Å². The first-order chi connectivity index (χ1) is 12.5. The van der Waals surface area contributed by atoms with Gasteiger partial charge in [-0.25, -0.2) is 4.68 Å². The summed E-state index contributed by atoms with van der Waals surface area (Å²) in [5, 5.41) is 11.4. The van der Waals surface area contributed by atoms with Crippen LogP contribution in [0.15, 0.2) is 36.8 Å². The Bertz CT molecular complexity index is 932. The molecule has 136 valence electrons. The Hall–Kier alpha value is -2.80. The van der Waals surface area contributed by atoms with Crippen molar-refractivity contribution >= 4 is 23.2 Å². The molecule has 1 N–H and O–H groups in total. The molecule has 7 nitrogen and oxygen atoms in total. The van der Waals surface area contributed by atoms with Crippen LogP contribution in [-0.2, 0) is 13.3 Å². The normalized spacial score (nSPS) is 10.8. The molecular weight excluding hydrogens is 354 g/mol. The summed E-state index contributed by atoms with van der Waals surface area (Å²) in [6, 6.07) is 5.99. The first kappa shape index (κ1) is 18.0. The third kappa shape index (κ3) is 3.88. The van der Waals surface area contributed by atoms with E-state index in [9.17, 15) is 4.79 Å². The lowest BCUT2D eigenvalue weighted by Crippen LogP contribution is -2.17. The topological polar surface area (TPSA) is 74.0 Å². The third-order valence-corrected chi connectivity index (χ3v) is 4.16. The molecule has 0 radical (unpaired) electrons. The Morgan fingerprint density at radius 2 is 2.08 bits per heavy atom. The molecule has 0 saturated carbocycles. The van der Waals surface area contributed by atoms with E-state index in [2.05, 4.69) is 21.6 Å². The van der Waals surface area contributed by atoms with Crippen molar-refractivity contribution in [2.24, 2.45) is 0 Å². The fraction of sp³-hybridized carbons (Fsp3) is 0.278. The fourth-order valence-corrected chi connectivity index (χ4v) is 2.84. The van der Waals surface area contributed by atoms with Crippen LogP contribution in [0.25, 0.3) is 0 Å². The molecule has 26 heavy (non-hydrogen) atoms. The Morgan fingerprint density at radius 3 is 2.81 bits per heavy atom. The number of aromatic nitrogens is 4. The molecule has 8 heteroatoms. The highest BCUT2D eigenvalue weighted by atomic mass is 35.5. The average Bonchev–Trinajstić information content (AvgIpc) is 3.20. The van der Waals surface area contributed by atoms with Gasteiger partial charge in [-0.1, -0.05) is 29.3 Å². The summed E-state index contributed by atoms with van der Waals surface area (Å²) < 4.78 is 8.93. The van der Waals surface area contributed by atoms with Gasteiger partial charge in [0.2, 0.25) is 0 Å².